The molecule has 4 aromatic carbocycles. The van der Waals surface area contributed by atoms with Crippen LogP contribution in [0, 0.1) is 0 Å². The van der Waals surface area contributed by atoms with Crippen LogP contribution < -0.4 is 15.9 Å². The van der Waals surface area contributed by atoms with Crippen LogP contribution in [0.4, 0.5) is 0 Å². The van der Waals surface area contributed by atoms with Gasteiger partial charge in [0.05, 0.1) is 0 Å². The Morgan fingerprint density at radius 3 is 1.36 bits per heavy atom. The maximum absolute atomic E-state index is 3.68. The predicted octanol–water partition coefficient (Wildman–Crippen LogP) is 5.73. The molecule has 0 radical (unpaired) electrons. The molecule has 2 heteroatoms. The number of alkyl halides is 1. The van der Waals surface area contributed by atoms with Crippen molar-refractivity contribution >= 4 is 44.5 Å². The zero-order valence-electron chi connectivity index (χ0n) is 15.6. The molecular weight excluding hydrogens is 423 g/mol. The van der Waals surface area contributed by atoms with Gasteiger partial charge in [-0.05, 0) is 39.7 Å². The minimum absolute atomic E-state index is 0.845. The number of rotatable bonds is 5. The molecule has 138 valence electrons. The summed E-state index contributed by atoms with van der Waals surface area (Å²) in [5.74, 6) is 2.53. The lowest BCUT2D eigenvalue weighted by Crippen LogP contribution is -2.27. The van der Waals surface area contributed by atoms with Crippen molar-refractivity contribution in [2.75, 3.05) is 0 Å². The average molecular weight is 445 g/mol. The van der Waals surface area contributed by atoms with E-state index in [0.29, 0.717) is 0 Å². The SMILES string of the molecule is BrCc1ccccc1C=P(c1ccccc1)(c1ccccc1)c1ccccc1. The highest BCUT2D eigenvalue weighted by Gasteiger charge is 2.25. The lowest BCUT2D eigenvalue weighted by Gasteiger charge is -2.29. The minimum atomic E-state index is -1.96. The van der Waals surface area contributed by atoms with Gasteiger partial charge in [0.15, 0.2) is 0 Å². The average Bonchev–Trinajstić information content (AvgIpc) is 2.79. The van der Waals surface area contributed by atoms with Crippen molar-refractivity contribution in [2.45, 2.75) is 5.33 Å². The van der Waals surface area contributed by atoms with Crippen LogP contribution in [0.15, 0.2) is 115 Å². The first-order chi connectivity index (χ1) is 13.8. The van der Waals surface area contributed by atoms with Crippen LogP contribution in [0.1, 0.15) is 11.1 Å². The fourth-order valence-electron chi connectivity index (χ4n) is 3.65. The van der Waals surface area contributed by atoms with Gasteiger partial charge in [-0.2, -0.15) is 0 Å². The summed E-state index contributed by atoms with van der Waals surface area (Å²) in [7, 11) is 0. The molecule has 0 unspecified atom stereocenters. The molecule has 0 fully saturated rings. The third-order valence-corrected chi connectivity index (χ3v) is 9.63. The molecule has 4 rings (SSSR count). The summed E-state index contributed by atoms with van der Waals surface area (Å²) >= 11 is 3.68. The van der Waals surface area contributed by atoms with E-state index < -0.39 is 6.89 Å². The fraction of sp³-hybridized carbons (Fsp3) is 0.0385. The van der Waals surface area contributed by atoms with Crippen LogP contribution in [0.5, 0.6) is 0 Å². The standard InChI is InChI=1S/C26H22BrP/c27-20-22-12-10-11-13-23(22)21-28(24-14-4-1-5-15-24,25-16-6-2-7-17-25)26-18-8-3-9-19-26/h1-19,21H,20H2. The first-order valence-electron chi connectivity index (χ1n) is 9.40. The quantitative estimate of drug-likeness (QED) is 0.272. The van der Waals surface area contributed by atoms with Crippen LogP contribution in [0.3, 0.4) is 0 Å². The van der Waals surface area contributed by atoms with Gasteiger partial charge in [-0.3, -0.25) is 0 Å². The lowest BCUT2D eigenvalue weighted by atomic mass is 10.1. The number of hydrogen-bond donors (Lipinski definition) is 0. The van der Waals surface area contributed by atoms with Crippen molar-refractivity contribution in [2.24, 2.45) is 0 Å². The van der Waals surface area contributed by atoms with Gasteiger partial charge in [0.1, 0.15) is 0 Å². The molecule has 0 aromatic heterocycles. The molecule has 0 heterocycles. The summed E-state index contributed by atoms with van der Waals surface area (Å²) in [6.45, 7) is -1.96. The Hall–Kier alpha value is -2.34. The zero-order valence-corrected chi connectivity index (χ0v) is 18.1. The van der Waals surface area contributed by atoms with Crippen molar-refractivity contribution in [1.29, 1.82) is 0 Å². The second-order valence-electron chi connectivity index (χ2n) is 6.69. The monoisotopic (exact) mass is 444 g/mol. The molecule has 4 aromatic rings. The topological polar surface area (TPSA) is 0 Å². The normalized spacial score (nSPS) is 11.2. The number of hydrogen-bond acceptors (Lipinski definition) is 0. The van der Waals surface area contributed by atoms with Gasteiger partial charge < -0.3 is 0 Å². The van der Waals surface area contributed by atoms with Gasteiger partial charge in [-0.25, -0.2) is 0 Å². The van der Waals surface area contributed by atoms with Crippen molar-refractivity contribution in [3.8, 4) is 0 Å². The molecule has 0 amide bonds. The van der Waals surface area contributed by atoms with E-state index in [4.69, 9.17) is 0 Å². The minimum Gasteiger partial charge on any atom is -0.0876 e. The molecule has 0 atom stereocenters. The second-order valence-corrected chi connectivity index (χ2v) is 10.5. The van der Waals surface area contributed by atoms with E-state index in [9.17, 15) is 0 Å². The third-order valence-electron chi connectivity index (χ3n) is 5.02. The van der Waals surface area contributed by atoms with E-state index in [2.05, 4.69) is 137 Å². The van der Waals surface area contributed by atoms with Crippen LogP contribution >= 0.6 is 22.8 Å². The number of benzene rings is 4. The summed E-state index contributed by atoms with van der Waals surface area (Å²) in [6, 6.07) is 41.6. The zero-order chi connectivity index (χ0) is 19.2. The van der Waals surface area contributed by atoms with Crippen molar-refractivity contribution in [3.63, 3.8) is 0 Å². The molecule has 0 saturated heterocycles. The predicted molar refractivity (Wildman–Crippen MR) is 129 cm³/mol. The van der Waals surface area contributed by atoms with Crippen molar-refractivity contribution in [3.05, 3.63) is 126 Å². The fourth-order valence-corrected chi connectivity index (χ4v) is 8.10. The first kappa shape index (κ1) is 19.0. The van der Waals surface area contributed by atoms with E-state index in [1.807, 2.05) is 0 Å². The van der Waals surface area contributed by atoms with Gasteiger partial charge >= 0.3 is 0 Å². The van der Waals surface area contributed by atoms with Gasteiger partial charge in [0, 0.05) is 5.33 Å². The molecule has 0 aliphatic rings. The molecule has 0 aliphatic heterocycles. The molecule has 0 spiro atoms. The Kier molecular flexibility index (Phi) is 5.95. The van der Waals surface area contributed by atoms with E-state index in [1.54, 1.807) is 0 Å². The van der Waals surface area contributed by atoms with Crippen molar-refractivity contribution in [1.82, 2.24) is 0 Å². The van der Waals surface area contributed by atoms with Crippen LogP contribution in [-0.2, 0) is 5.33 Å². The molecular formula is C26H22BrP. The van der Waals surface area contributed by atoms with E-state index in [1.165, 1.54) is 27.0 Å². The molecule has 0 bridgehead atoms. The maximum Gasteiger partial charge on any atom is 0.0289 e. The summed E-state index contributed by atoms with van der Waals surface area (Å²) in [5, 5.41) is 4.96. The highest BCUT2D eigenvalue weighted by molar-refractivity contribution is 9.08. The van der Waals surface area contributed by atoms with Gasteiger partial charge in [0.2, 0.25) is 0 Å². The van der Waals surface area contributed by atoms with Crippen LogP contribution in [-0.4, -0.2) is 5.80 Å². The van der Waals surface area contributed by atoms with E-state index >= 15 is 0 Å². The molecule has 0 N–H and O–H groups in total. The molecule has 28 heavy (non-hydrogen) atoms. The van der Waals surface area contributed by atoms with Crippen LogP contribution in [0.2, 0.25) is 0 Å². The molecule has 0 saturated carbocycles. The van der Waals surface area contributed by atoms with E-state index in [0.717, 1.165) is 5.33 Å². The Bertz CT molecular complexity index is 983. The van der Waals surface area contributed by atoms with Gasteiger partial charge in [-0.15, -0.1) is 0 Å². The maximum atomic E-state index is 3.68. The summed E-state index contributed by atoms with van der Waals surface area (Å²) < 4.78 is 0. The summed E-state index contributed by atoms with van der Waals surface area (Å²) in [4.78, 5) is 0. The summed E-state index contributed by atoms with van der Waals surface area (Å²) in [6.07, 6.45) is 0. The van der Waals surface area contributed by atoms with Crippen LogP contribution in [0.25, 0.3) is 0 Å². The Labute approximate surface area is 176 Å². The smallest absolute Gasteiger partial charge is 0.0289 e. The van der Waals surface area contributed by atoms with Gasteiger partial charge in [0.25, 0.3) is 0 Å². The van der Waals surface area contributed by atoms with Crippen molar-refractivity contribution < 1.29 is 0 Å². The first-order valence-corrected chi connectivity index (χ1v) is 12.4. The number of halogens is 1. The Morgan fingerprint density at radius 1 is 0.536 bits per heavy atom. The Morgan fingerprint density at radius 2 is 0.929 bits per heavy atom. The third kappa shape index (κ3) is 3.65. The second kappa shape index (κ2) is 8.78. The highest BCUT2D eigenvalue weighted by Crippen LogP contribution is 2.44. The molecule has 0 nitrogen and oxygen atoms in total. The highest BCUT2D eigenvalue weighted by atomic mass is 79.9. The van der Waals surface area contributed by atoms with E-state index in [-0.39, 0.29) is 0 Å². The van der Waals surface area contributed by atoms with Gasteiger partial charge in [-0.1, -0.05) is 131 Å². The lowest BCUT2D eigenvalue weighted by molar-refractivity contribution is 1.42. The largest absolute Gasteiger partial charge is 0.0876 e. The Balaban J connectivity index is 2.15. The summed E-state index contributed by atoms with van der Waals surface area (Å²) in [5.41, 5.74) is 2.61. The molecule has 0 aliphatic carbocycles.